The minimum Gasteiger partial charge on any atom is -0.378 e. The molecule has 0 aromatic heterocycles. The van der Waals surface area contributed by atoms with Crippen LogP contribution in [0.25, 0.3) is 0 Å². The SMILES string of the molecule is O=C(NC1(c2ccccc2)COC1)c1ccc(N2CCOCC2)cc1. The predicted molar refractivity (Wildman–Crippen MR) is 95.9 cm³/mol. The normalized spacial score (nSPS) is 19.1. The van der Waals surface area contributed by atoms with Gasteiger partial charge in [0.15, 0.2) is 0 Å². The Morgan fingerprint density at radius 2 is 1.60 bits per heavy atom. The van der Waals surface area contributed by atoms with Crippen molar-refractivity contribution in [3.05, 3.63) is 65.7 Å². The lowest BCUT2D eigenvalue weighted by atomic mass is 9.87. The molecule has 0 saturated carbocycles. The van der Waals surface area contributed by atoms with Crippen molar-refractivity contribution in [2.24, 2.45) is 0 Å². The van der Waals surface area contributed by atoms with E-state index in [1.54, 1.807) is 0 Å². The van der Waals surface area contributed by atoms with Gasteiger partial charge in [0.05, 0.1) is 26.4 Å². The summed E-state index contributed by atoms with van der Waals surface area (Å²) >= 11 is 0. The summed E-state index contributed by atoms with van der Waals surface area (Å²) in [6.45, 7) is 4.30. The van der Waals surface area contributed by atoms with Gasteiger partial charge in [0.1, 0.15) is 5.54 Å². The van der Waals surface area contributed by atoms with Crippen molar-refractivity contribution in [2.45, 2.75) is 5.54 Å². The number of morpholine rings is 1. The van der Waals surface area contributed by atoms with Crippen molar-refractivity contribution >= 4 is 11.6 Å². The van der Waals surface area contributed by atoms with Crippen LogP contribution in [-0.2, 0) is 15.0 Å². The molecule has 0 unspecified atom stereocenters. The van der Waals surface area contributed by atoms with Gasteiger partial charge in [0.2, 0.25) is 0 Å². The van der Waals surface area contributed by atoms with Gasteiger partial charge >= 0.3 is 0 Å². The van der Waals surface area contributed by atoms with Gasteiger partial charge in [-0.05, 0) is 29.8 Å². The Hall–Kier alpha value is -2.37. The Kier molecular flexibility index (Phi) is 4.42. The molecule has 0 aliphatic carbocycles. The van der Waals surface area contributed by atoms with E-state index < -0.39 is 5.54 Å². The molecule has 1 N–H and O–H groups in total. The number of carbonyl (C=O) groups excluding carboxylic acids is 1. The van der Waals surface area contributed by atoms with Crippen LogP contribution in [0.2, 0.25) is 0 Å². The summed E-state index contributed by atoms with van der Waals surface area (Å²) < 4.78 is 10.8. The predicted octanol–water partition coefficient (Wildman–Crippen LogP) is 2.18. The van der Waals surface area contributed by atoms with Gasteiger partial charge in [0, 0.05) is 24.3 Å². The first kappa shape index (κ1) is 16.1. The Bertz CT molecular complexity index is 720. The Balaban J connectivity index is 1.47. The molecule has 0 bridgehead atoms. The number of anilines is 1. The standard InChI is InChI=1S/C20H22N2O3/c23-19(21-20(14-25-15-20)17-4-2-1-3-5-17)16-6-8-18(9-7-16)22-10-12-24-13-11-22/h1-9H,10-15H2,(H,21,23). The molecule has 0 radical (unpaired) electrons. The average molecular weight is 338 g/mol. The second-order valence-corrected chi connectivity index (χ2v) is 6.54. The summed E-state index contributed by atoms with van der Waals surface area (Å²) in [5.74, 6) is -0.0688. The first-order chi connectivity index (χ1) is 12.3. The fourth-order valence-corrected chi connectivity index (χ4v) is 3.31. The van der Waals surface area contributed by atoms with Crippen LogP contribution in [0.1, 0.15) is 15.9 Å². The van der Waals surface area contributed by atoms with Crippen LogP contribution in [0.15, 0.2) is 54.6 Å². The molecule has 2 fully saturated rings. The summed E-state index contributed by atoms with van der Waals surface area (Å²) in [6.07, 6.45) is 0. The molecule has 2 aromatic rings. The molecule has 130 valence electrons. The van der Waals surface area contributed by atoms with E-state index in [1.165, 1.54) is 0 Å². The third-order valence-electron chi connectivity index (χ3n) is 4.88. The smallest absolute Gasteiger partial charge is 0.252 e. The number of ether oxygens (including phenoxy) is 2. The molecule has 2 saturated heterocycles. The number of nitrogens with one attached hydrogen (secondary N) is 1. The maximum absolute atomic E-state index is 12.7. The fourth-order valence-electron chi connectivity index (χ4n) is 3.31. The van der Waals surface area contributed by atoms with E-state index >= 15 is 0 Å². The minimum atomic E-state index is -0.415. The number of hydrogen-bond acceptors (Lipinski definition) is 4. The third-order valence-corrected chi connectivity index (χ3v) is 4.88. The lowest BCUT2D eigenvalue weighted by Gasteiger charge is -2.42. The van der Waals surface area contributed by atoms with Crippen molar-refractivity contribution in [2.75, 3.05) is 44.4 Å². The molecular formula is C20H22N2O3. The van der Waals surface area contributed by atoms with Crippen LogP contribution >= 0.6 is 0 Å². The van der Waals surface area contributed by atoms with Crippen molar-refractivity contribution in [3.8, 4) is 0 Å². The van der Waals surface area contributed by atoms with Gasteiger partial charge < -0.3 is 19.7 Å². The second-order valence-electron chi connectivity index (χ2n) is 6.54. The highest BCUT2D eigenvalue weighted by atomic mass is 16.5. The van der Waals surface area contributed by atoms with Gasteiger partial charge in [-0.2, -0.15) is 0 Å². The van der Waals surface area contributed by atoms with Crippen LogP contribution in [-0.4, -0.2) is 45.4 Å². The first-order valence-corrected chi connectivity index (χ1v) is 8.65. The highest BCUT2D eigenvalue weighted by Crippen LogP contribution is 2.30. The molecule has 5 heteroatoms. The van der Waals surface area contributed by atoms with Crippen LogP contribution in [0, 0.1) is 0 Å². The lowest BCUT2D eigenvalue weighted by molar-refractivity contribution is -0.0733. The topological polar surface area (TPSA) is 50.8 Å². The zero-order chi connectivity index (χ0) is 17.1. The first-order valence-electron chi connectivity index (χ1n) is 8.65. The third kappa shape index (κ3) is 3.25. The average Bonchev–Trinajstić information content (AvgIpc) is 2.66. The Labute approximate surface area is 147 Å². The molecular weight excluding hydrogens is 316 g/mol. The summed E-state index contributed by atoms with van der Waals surface area (Å²) in [4.78, 5) is 15.0. The van der Waals surface area contributed by atoms with Crippen molar-refractivity contribution in [1.29, 1.82) is 0 Å². The summed E-state index contributed by atoms with van der Waals surface area (Å²) in [5, 5.41) is 3.16. The number of carbonyl (C=O) groups is 1. The molecule has 2 heterocycles. The summed E-state index contributed by atoms with van der Waals surface area (Å²) in [7, 11) is 0. The molecule has 5 nitrogen and oxygen atoms in total. The molecule has 2 aliphatic heterocycles. The van der Waals surface area contributed by atoms with E-state index in [0.717, 1.165) is 37.6 Å². The van der Waals surface area contributed by atoms with Gasteiger partial charge in [-0.25, -0.2) is 0 Å². The van der Waals surface area contributed by atoms with E-state index in [9.17, 15) is 4.79 Å². The van der Waals surface area contributed by atoms with Gasteiger partial charge in [-0.15, -0.1) is 0 Å². The zero-order valence-electron chi connectivity index (χ0n) is 14.1. The van der Waals surface area contributed by atoms with Gasteiger partial charge in [0.25, 0.3) is 5.91 Å². The highest BCUT2D eigenvalue weighted by molar-refractivity contribution is 5.95. The number of benzene rings is 2. The molecule has 0 atom stereocenters. The molecule has 0 spiro atoms. The van der Waals surface area contributed by atoms with E-state index in [2.05, 4.69) is 10.2 Å². The summed E-state index contributed by atoms with van der Waals surface area (Å²) in [5.41, 5.74) is 2.46. The maximum atomic E-state index is 12.7. The molecule has 4 rings (SSSR count). The van der Waals surface area contributed by atoms with E-state index in [0.29, 0.717) is 18.8 Å². The van der Waals surface area contributed by atoms with Crippen molar-refractivity contribution < 1.29 is 14.3 Å². The van der Waals surface area contributed by atoms with Crippen LogP contribution < -0.4 is 10.2 Å². The monoisotopic (exact) mass is 338 g/mol. The zero-order valence-corrected chi connectivity index (χ0v) is 14.1. The second kappa shape index (κ2) is 6.86. The maximum Gasteiger partial charge on any atom is 0.252 e. The number of hydrogen-bond donors (Lipinski definition) is 1. The number of amides is 1. The number of nitrogens with zero attached hydrogens (tertiary/aromatic N) is 1. The fraction of sp³-hybridized carbons (Fsp3) is 0.350. The minimum absolute atomic E-state index is 0.0688. The van der Waals surface area contributed by atoms with E-state index in [1.807, 2.05) is 54.6 Å². The highest BCUT2D eigenvalue weighted by Gasteiger charge is 2.41. The molecule has 2 aromatic carbocycles. The Morgan fingerprint density at radius 1 is 0.920 bits per heavy atom. The van der Waals surface area contributed by atoms with Gasteiger partial charge in [-0.3, -0.25) is 4.79 Å². The number of rotatable bonds is 4. The molecule has 25 heavy (non-hydrogen) atoms. The van der Waals surface area contributed by atoms with Crippen LogP contribution in [0.5, 0.6) is 0 Å². The largest absolute Gasteiger partial charge is 0.378 e. The van der Waals surface area contributed by atoms with Gasteiger partial charge in [-0.1, -0.05) is 30.3 Å². The van der Waals surface area contributed by atoms with Crippen LogP contribution in [0.3, 0.4) is 0 Å². The van der Waals surface area contributed by atoms with Crippen molar-refractivity contribution in [3.63, 3.8) is 0 Å². The molecule has 1 amide bonds. The molecule has 2 aliphatic rings. The quantitative estimate of drug-likeness (QED) is 0.928. The summed E-state index contributed by atoms with van der Waals surface area (Å²) in [6, 6.07) is 17.8. The van der Waals surface area contributed by atoms with Crippen LogP contribution in [0.4, 0.5) is 5.69 Å². The van der Waals surface area contributed by atoms with Crippen molar-refractivity contribution in [1.82, 2.24) is 5.32 Å². The van der Waals surface area contributed by atoms with E-state index in [4.69, 9.17) is 9.47 Å². The Morgan fingerprint density at radius 3 is 2.20 bits per heavy atom. The lowest BCUT2D eigenvalue weighted by Crippen LogP contribution is -2.59. The van der Waals surface area contributed by atoms with E-state index in [-0.39, 0.29) is 5.91 Å².